The normalized spacial score (nSPS) is 10.2. The number of carbonyl (C=O) groups is 2. The van der Waals surface area contributed by atoms with Crippen LogP contribution in [-0.4, -0.2) is 27.1 Å². The number of nitrogens with one attached hydrogen (secondary N) is 1. The van der Waals surface area contributed by atoms with E-state index in [0.717, 1.165) is 0 Å². The zero-order chi connectivity index (χ0) is 14.0. The fourth-order valence-corrected chi connectivity index (χ4v) is 1.52. The molecule has 0 atom stereocenters. The van der Waals surface area contributed by atoms with Gasteiger partial charge < -0.3 is 14.9 Å². The van der Waals surface area contributed by atoms with Crippen molar-refractivity contribution in [1.82, 2.24) is 10.1 Å². The van der Waals surface area contributed by atoms with Gasteiger partial charge >= 0.3 is 5.97 Å². The van der Waals surface area contributed by atoms with E-state index in [9.17, 15) is 9.59 Å². The van der Waals surface area contributed by atoms with E-state index >= 15 is 0 Å². The number of carbonyl (C=O) groups excluding carboxylic acids is 1. The van der Waals surface area contributed by atoms with Crippen molar-refractivity contribution in [2.24, 2.45) is 0 Å². The molecule has 7 nitrogen and oxygen atoms in total. The van der Waals surface area contributed by atoms with Gasteiger partial charge in [0.05, 0.1) is 11.3 Å². The Morgan fingerprint density at radius 3 is 2.58 bits per heavy atom. The van der Waals surface area contributed by atoms with Crippen molar-refractivity contribution >= 4 is 17.7 Å². The molecule has 0 aliphatic heterocycles. The molecule has 0 aliphatic carbocycles. The average Bonchev–Trinajstić information content (AvgIpc) is 2.74. The molecule has 0 unspecified atom stereocenters. The minimum absolute atomic E-state index is 0.0637. The van der Waals surface area contributed by atoms with Gasteiger partial charge in [-0.1, -0.05) is 5.16 Å². The summed E-state index contributed by atoms with van der Waals surface area (Å²) in [6.45, 7) is 3.23. The third-order valence-electron chi connectivity index (χ3n) is 2.42. The van der Waals surface area contributed by atoms with Crippen LogP contribution in [0.2, 0.25) is 0 Å². The fourth-order valence-electron chi connectivity index (χ4n) is 1.52. The van der Waals surface area contributed by atoms with Gasteiger partial charge in [0.2, 0.25) is 0 Å². The number of aryl methyl sites for hydroxylation is 2. The number of hydrogen-bond donors (Lipinski definition) is 2. The predicted molar refractivity (Wildman–Crippen MR) is 65.1 cm³/mol. The van der Waals surface area contributed by atoms with Crippen molar-refractivity contribution in [2.45, 2.75) is 13.8 Å². The predicted octanol–water partition coefficient (Wildman–Crippen LogP) is 1.64. The Morgan fingerprint density at radius 1 is 1.32 bits per heavy atom. The summed E-state index contributed by atoms with van der Waals surface area (Å²) in [6, 6.07) is 4.25. The first kappa shape index (κ1) is 12.7. The van der Waals surface area contributed by atoms with Gasteiger partial charge in [0.1, 0.15) is 11.5 Å². The molecule has 2 rings (SSSR count). The Bertz CT molecular complexity index is 648. The lowest BCUT2D eigenvalue weighted by atomic mass is 10.2. The zero-order valence-electron chi connectivity index (χ0n) is 10.3. The van der Waals surface area contributed by atoms with Crippen molar-refractivity contribution in [1.29, 1.82) is 0 Å². The second kappa shape index (κ2) is 4.89. The van der Waals surface area contributed by atoms with E-state index in [-0.39, 0.29) is 22.8 Å². The smallest absolute Gasteiger partial charge is 0.337 e. The van der Waals surface area contributed by atoms with Gasteiger partial charge in [0, 0.05) is 6.07 Å². The summed E-state index contributed by atoms with van der Waals surface area (Å²) in [7, 11) is 0. The van der Waals surface area contributed by atoms with E-state index in [1.807, 2.05) is 0 Å². The quantitative estimate of drug-likeness (QED) is 0.870. The molecule has 0 bridgehead atoms. The molecule has 19 heavy (non-hydrogen) atoms. The second-order valence-corrected chi connectivity index (χ2v) is 3.91. The first-order chi connectivity index (χ1) is 8.97. The number of rotatable bonds is 3. The van der Waals surface area contributed by atoms with E-state index < -0.39 is 11.9 Å². The first-order valence-electron chi connectivity index (χ1n) is 5.43. The molecule has 0 saturated carbocycles. The highest BCUT2D eigenvalue weighted by Gasteiger charge is 2.14. The van der Waals surface area contributed by atoms with Crippen LogP contribution in [0.25, 0.3) is 0 Å². The van der Waals surface area contributed by atoms with Gasteiger partial charge in [-0.25, -0.2) is 9.78 Å². The summed E-state index contributed by atoms with van der Waals surface area (Å²) in [6.07, 6.45) is 0. The molecule has 0 spiro atoms. The lowest BCUT2D eigenvalue weighted by Gasteiger charge is -2.04. The van der Waals surface area contributed by atoms with Gasteiger partial charge in [-0.3, -0.25) is 4.79 Å². The number of amides is 1. The van der Waals surface area contributed by atoms with Crippen molar-refractivity contribution < 1.29 is 19.2 Å². The fraction of sp³-hybridized carbons (Fsp3) is 0.167. The zero-order valence-corrected chi connectivity index (χ0v) is 10.3. The number of aromatic carboxylic acids is 1. The standard InChI is InChI=1S/C12H11N3O4/c1-6-5-10(15-19-6)14-11(16)9-4-3-8(12(17)18)7(2)13-9/h3-5H,1-2H3,(H,17,18)(H,14,15,16). The van der Waals surface area contributed by atoms with E-state index in [1.54, 1.807) is 13.0 Å². The highest BCUT2D eigenvalue weighted by atomic mass is 16.5. The summed E-state index contributed by atoms with van der Waals surface area (Å²) >= 11 is 0. The SMILES string of the molecule is Cc1cc(NC(=O)c2ccc(C(=O)O)c(C)n2)no1. The van der Waals surface area contributed by atoms with Crippen LogP contribution in [0, 0.1) is 13.8 Å². The maximum atomic E-state index is 11.9. The third kappa shape index (κ3) is 2.76. The van der Waals surface area contributed by atoms with Crippen molar-refractivity contribution in [3.05, 3.63) is 40.9 Å². The topological polar surface area (TPSA) is 105 Å². The summed E-state index contributed by atoms with van der Waals surface area (Å²) in [5.41, 5.74) is 0.452. The van der Waals surface area contributed by atoms with Gasteiger partial charge in [0.25, 0.3) is 5.91 Å². The third-order valence-corrected chi connectivity index (χ3v) is 2.42. The van der Waals surface area contributed by atoms with Crippen molar-refractivity contribution in [3.63, 3.8) is 0 Å². The number of carboxylic acid groups (broad SMARTS) is 1. The minimum atomic E-state index is -1.08. The Labute approximate surface area is 108 Å². The number of aromatic nitrogens is 2. The Kier molecular flexibility index (Phi) is 3.28. The van der Waals surface area contributed by atoms with E-state index in [1.165, 1.54) is 19.1 Å². The van der Waals surface area contributed by atoms with Crippen molar-refractivity contribution in [3.8, 4) is 0 Å². The maximum Gasteiger partial charge on any atom is 0.337 e. The number of anilines is 1. The molecule has 0 fully saturated rings. The number of hydrogen-bond acceptors (Lipinski definition) is 5. The number of carboxylic acids is 1. The highest BCUT2D eigenvalue weighted by Crippen LogP contribution is 2.11. The summed E-state index contributed by atoms with van der Waals surface area (Å²) < 4.78 is 4.81. The molecule has 0 aliphatic rings. The van der Waals surface area contributed by atoms with Crippen molar-refractivity contribution in [2.75, 3.05) is 5.32 Å². The molecule has 7 heteroatoms. The largest absolute Gasteiger partial charge is 0.478 e. The van der Waals surface area contributed by atoms with Gasteiger partial charge in [0.15, 0.2) is 5.82 Å². The lowest BCUT2D eigenvalue weighted by molar-refractivity contribution is 0.0695. The molecular formula is C12H11N3O4. The van der Waals surface area contributed by atoms with Crippen LogP contribution in [0.4, 0.5) is 5.82 Å². The van der Waals surface area contributed by atoms with Gasteiger partial charge in [-0.05, 0) is 26.0 Å². The molecule has 2 N–H and O–H groups in total. The lowest BCUT2D eigenvalue weighted by Crippen LogP contribution is -2.15. The Balaban J connectivity index is 2.20. The van der Waals surface area contributed by atoms with Crippen LogP contribution in [0.3, 0.4) is 0 Å². The number of pyridine rings is 1. The first-order valence-corrected chi connectivity index (χ1v) is 5.43. The minimum Gasteiger partial charge on any atom is -0.478 e. The Morgan fingerprint density at radius 2 is 2.05 bits per heavy atom. The van der Waals surface area contributed by atoms with E-state index in [0.29, 0.717) is 5.76 Å². The van der Waals surface area contributed by atoms with Crippen LogP contribution < -0.4 is 5.32 Å². The molecule has 0 aromatic carbocycles. The second-order valence-electron chi connectivity index (χ2n) is 3.91. The highest BCUT2D eigenvalue weighted by molar-refractivity contribution is 6.02. The summed E-state index contributed by atoms with van der Waals surface area (Å²) in [4.78, 5) is 26.6. The molecular weight excluding hydrogens is 250 g/mol. The summed E-state index contributed by atoms with van der Waals surface area (Å²) in [5, 5.41) is 15.0. The maximum absolute atomic E-state index is 11.9. The molecule has 0 radical (unpaired) electrons. The van der Waals surface area contributed by atoms with Crippen LogP contribution in [-0.2, 0) is 0 Å². The molecule has 2 heterocycles. The van der Waals surface area contributed by atoms with E-state index in [4.69, 9.17) is 9.63 Å². The molecule has 0 saturated heterocycles. The molecule has 2 aromatic heterocycles. The van der Waals surface area contributed by atoms with Crippen LogP contribution in [0.5, 0.6) is 0 Å². The molecule has 1 amide bonds. The summed E-state index contributed by atoms with van der Waals surface area (Å²) in [5.74, 6) is -0.706. The van der Waals surface area contributed by atoms with Gasteiger partial charge in [-0.15, -0.1) is 0 Å². The van der Waals surface area contributed by atoms with Gasteiger partial charge in [-0.2, -0.15) is 0 Å². The van der Waals surface area contributed by atoms with E-state index in [2.05, 4.69) is 15.5 Å². The molecule has 98 valence electrons. The Hall–Kier alpha value is -2.70. The average molecular weight is 261 g/mol. The molecule has 2 aromatic rings. The van der Waals surface area contributed by atoms with Crippen LogP contribution in [0.15, 0.2) is 22.7 Å². The van der Waals surface area contributed by atoms with Crippen LogP contribution >= 0.6 is 0 Å². The van der Waals surface area contributed by atoms with Crippen LogP contribution in [0.1, 0.15) is 32.3 Å². The monoisotopic (exact) mass is 261 g/mol. The number of nitrogens with zero attached hydrogens (tertiary/aromatic N) is 2.